The van der Waals surface area contributed by atoms with Crippen molar-refractivity contribution in [3.63, 3.8) is 0 Å². The number of carbonyl (C=O) groups excluding carboxylic acids is 1. The minimum atomic E-state index is -3.59. The number of nitrogens with zero attached hydrogens (tertiary/aromatic N) is 3. The van der Waals surface area contributed by atoms with Gasteiger partial charge in [0.2, 0.25) is 10.0 Å². The van der Waals surface area contributed by atoms with Crippen LogP contribution in [0.4, 0.5) is 23.7 Å². The Kier molecular flexibility index (Phi) is 6.01. The standard InChI is InChI=1S/C19H19F3N6O4S/c20-12-4-11(5-13(21)18(12)22)26-19(29)27-9-14(25-7-16(27)17-8-24-10-32-17)15(6-23)28-2-1-3-33(28,30)31/h4-6,8,10,16,23,25H,1-3,7,9H2,(H,26,29)/b15-14+,23-6?/t16-/m1/s1. The molecule has 0 saturated carbocycles. The number of hydrogen-bond acceptors (Lipinski definition) is 7. The fourth-order valence-corrected chi connectivity index (χ4v) is 5.32. The molecule has 176 valence electrons. The second kappa shape index (κ2) is 8.77. The van der Waals surface area contributed by atoms with Crippen molar-refractivity contribution in [1.29, 1.82) is 5.41 Å². The van der Waals surface area contributed by atoms with E-state index in [4.69, 9.17) is 9.83 Å². The fraction of sp³-hybridized carbons (Fsp3) is 0.316. The van der Waals surface area contributed by atoms with Gasteiger partial charge in [0.05, 0.1) is 29.9 Å². The van der Waals surface area contributed by atoms with Gasteiger partial charge in [-0.3, -0.25) is 4.31 Å². The molecule has 1 aromatic carbocycles. The van der Waals surface area contributed by atoms with Gasteiger partial charge < -0.3 is 25.4 Å². The summed E-state index contributed by atoms with van der Waals surface area (Å²) in [5, 5.41) is 13.1. The largest absolute Gasteiger partial charge is 0.446 e. The van der Waals surface area contributed by atoms with Crippen LogP contribution in [0, 0.1) is 22.9 Å². The van der Waals surface area contributed by atoms with Gasteiger partial charge in [-0.05, 0) is 6.42 Å². The summed E-state index contributed by atoms with van der Waals surface area (Å²) >= 11 is 0. The van der Waals surface area contributed by atoms with Gasteiger partial charge in [-0.2, -0.15) is 0 Å². The molecule has 33 heavy (non-hydrogen) atoms. The molecule has 1 atom stereocenters. The van der Waals surface area contributed by atoms with E-state index in [1.54, 1.807) is 0 Å². The van der Waals surface area contributed by atoms with E-state index in [2.05, 4.69) is 15.6 Å². The van der Waals surface area contributed by atoms with Crippen LogP contribution in [0.1, 0.15) is 18.2 Å². The lowest BCUT2D eigenvalue weighted by Gasteiger charge is -2.37. The van der Waals surface area contributed by atoms with E-state index >= 15 is 0 Å². The number of halogens is 3. The third-order valence-electron chi connectivity index (χ3n) is 5.30. The molecule has 3 N–H and O–H groups in total. The molecule has 0 radical (unpaired) electrons. The number of hydrogen-bond donors (Lipinski definition) is 3. The number of sulfonamides is 1. The Morgan fingerprint density at radius 1 is 1.30 bits per heavy atom. The zero-order chi connectivity index (χ0) is 23.8. The Balaban J connectivity index is 1.67. The number of allylic oxidation sites excluding steroid dienone is 1. The summed E-state index contributed by atoms with van der Waals surface area (Å²) in [4.78, 5) is 18.1. The third kappa shape index (κ3) is 4.37. The number of piperazine rings is 1. The summed E-state index contributed by atoms with van der Waals surface area (Å²) in [6.07, 6.45) is 3.85. The van der Waals surface area contributed by atoms with E-state index < -0.39 is 39.5 Å². The summed E-state index contributed by atoms with van der Waals surface area (Å²) in [6.45, 7) is 0.0967. The van der Waals surface area contributed by atoms with Crippen LogP contribution < -0.4 is 10.6 Å². The molecule has 0 aliphatic carbocycles. The topological polar surface area (TPSA) is 132 Å². The van der Waals surface area contributed by atoms with Gasteiger partial charge in [0, 0.05) is 37.1 Å². The maximum absolute atomic E-state index is 13.6. The second-order valence-electron chi connectivity index (χ2n) is 7.36. The highest BCUT2D eigenvalue weighted by molar-refractivity contribution is 7.89. The summed E-state index contributed by atoms with van der Waals surface area (Å²) in [5.74, 6) is -4.35. The molecule has 2 saturated heterocycles. The van der Waals surface area contributed by atoms with E-state index in [1.165, 1.54) is 17.5 Å². The minimum Gasteiger partial charge on any atom is -0.446 e. The molecule has 0 spiro atoms. The van der Waals surface area contributed by atoms with Crippen molar-refractivity contribution in [2.75, 3.05) is 30.7 Å². The molecule has 2 aromatic rings. The Morgan fingerprint density at radius 2 is 2.03 bits per heavy atom. The van der Waals surface area contributed by atoms with E-state index in [0.29, 0.717) is 24.3 Å². The maximum Gasteiger partial charge on any atom is 0.322 e. The number of anilines is 1. The van der Waals surface area contributed by atoms with Crippen LogP contribution in [-0.2, 0) is 10.0 Å². The first-order valence-corrected chi connectivity index (χ1v) is 11.4. The van der Waals surface area contributed by atoms with E-state index in [9.17, 15) is 26.4 Å². The molecule has 2 aliphatic rings. The van der Waals surface area contributed by atoms with E-state index in [1.807, 2.05) is 0 Å². The lowest BCUT2D eigenvalue weighted by molar-refractivity contribution is 0.169. The van der Waals surface area contributed by atoms with Gasteiger partial charge >= 0.3 is 6.03 Å². The quantitative estimate of drug-likeness (QED) is 0.450. The highest BCUT2D eigenvalue weighted by Gasteiger charge is 2.36. The first kappa shape index (κ1) is 22.6. The number of amides is 2. The molecule has 2 amide bonds. The number of carbonyl (C=O) groups is 1. The van der Waals surface area contributed by atoms with Crippen LogP contribution in [0.5, 0.6) is 0 Å². The number of rotatable bonds is 4. The summed E-state index contributed by atoms with van der Waals surface area (Å²) in [7, 11) is -3.59. The second-order valence-corrected chi connectivity index (χ2v) is 9.38. The van der Waals surface area contributed by atoms with Crippen molar-refractivity contribution in [3.8, 4) is 0 Å². The van der Waals surface area contributed by atoms with E-state index in [-0.39, 0.29) is 42.5 Å². The van der Waals surface area contributed by atoms with Crippen molar-refractivity contribution in [2.45, 2.75) is 12.5 Å². The van der Waals surface area contributed by atoms with Gasteiger partial charge in [0.1, 0.15) is 11.8 Å². The highest BCUT2D eigenvalue weighted by Crippen LogP contribution is 2.29. The summed E-state index contributed by atoms with van der Waals surface area (Å²) in [5.41, 5.74) is 0.0595. The minimum absolute atomic E-state index is 0.0514. The molecule has 4 rings (SSSR count). The van der Waals surface area contributed by atoms with Crippen molar-refractivity contribution in [1.82, 2.24) is 19.5 Å². The summed E-state index contributed by atoms with van der Waals surface area (Å²) in [6, 6.07) is -0.250. The number of urea groups is 1. The smallest absolute Gasteiger partial charge is 0.322 e. The van der Waals surface area contributed by atoms with Gasteiger partial charge in [0.25, 0.3) is 0 Å². The fourth-order valence-electron chi connectivity index (χ4n) is 3.74. The Morgan fingerprint density at radius 3 is 2.61 bits per heavy atom. The number of oxazole rings is 1. The number of aromatic nitrogens is 1. The lowest BCUT2D eigenvalue weighted by Crippen LogP contribution is -2.50. The molecule has 10 nitrogen and oxygen atoms in total. The SMILES string of the molecule is N=C/C(=C1/CN(C(=O)Nc2cc(F)c(F)c(F)c2)[C@@H](c2cnco2)CN1)N1CCCS1(=O)=O. The van der Waals surface area contributed by atoms with Crippen LogP contribution in [0.25, 0.3) is 0 Å². The van der Waals surface area contributed by atoms with Crippen LogP contribution in [0.3, 0.4) is 0 Å². The molecule has 3 heterocycles. The van der Waals surface area contributed by atoms with Gasteiger partial charge in [0.15, 0.2) is 23.8 Å². The van der Waals surface area contributed by atoms with Crippen molar-refractivity contribution in [2.24, 2.45) is 0 Å². The Bertz CT molecular complexity index is 1200. The first-order chi connectivity index (χ1) is 15.7. The average molecular weight is 484 g/mol. The Labute approximate surface area is 186 Å². The monoisotopic (exact) mass is 484 g/mol. The van der Waals surface area contributed by atoms with Gasteiger partial charge in [-0.15, -0.1) is 0 Å². The molecular formula is C19H19F3N6O4S. The average Bonchev–Trinajstić information content (AvgIpc) is 3.42. The Hall–Kier alpha value is -3.55. The molecular weight excluding hydrogens is 465 g/mol. The molecule has 1 aromatic heterocycles. The van der Waals surface area contributed by atoms with Crippen LogP contribution >= 0.6 is 0 Å². The number of benzene rings is 1. The van der Waals surface area contributed by atoms with Crippen molar-refractivity contribution >= 4 is 28.0 Å². The zero-order valence-electron chi connectivity index (χ0n) is 17.0. The normalized spacial score (nSPS) is 21.5. The van der Waals surface area contributed by atoms with Crippen LogP contribution in [0.2, 0.25) is 0 Å². The highest BCUT2D eigenvalue weighted by atomic mass is 32.2. The van der Waals surface area contributed by atoms with Crippen molar-refractivity contribution in [3.05, 3.63) is 59.3 Å². The van der Waals surface area contributed by atoms with Crippen molar-refractivity contribution < 1.29 is 30.8 Å². The van der Waals surface area contributed by atoms with Crippen LogP contribution in [-0.4, -0.2) is 60.2 Å². The summed E-state index contributed by atoms with van der Waals surface area (Å²) < 4.78 is 71.5. The molecule has 14 heteroatoms. The van der Waals surface area contributed by atoms with Gasteiger partial charge in [-0.25, -0.2) is 31.4 Å². The molecule has 0 unspecified atom stereocenters. The first-order valence-electron chi connectivity index (χ1n) is 9.79. The van der Waals surface area contributed by atoms with Gasteiger partial charge in [-0.1, -0.05) is 0 Å². The maximum atomic E-state index is 13.6. The zero-order valence-corrected chi connectivity index (χ0v) is 17.8. The predicted octanol–water partition coefficient (Wildman–Crippen LogP) is 2.17. The molecule has 0 bridgehead atoms. The molecule has 2 fully saturated rings. The van der Waals surface area contributed by atoms with E-state index in [0.717, 1.165) is 10.5 Å². The van der Waals surface area contributed by atoms with Crippen LogP contribution in [0.15, 0.2) is 40.5 Å². The predicted molar refractivity (Wildman–Crippen MR) is 110 cm³/mol. The third-order valence-corrected chi connectivity index (χ3v) is 7.16. The number of nitrogens with one attached hydrogen (secondary N) is 3. The molecule has 2 aliphatic heterocycles. The lowest BCUT2D eigenvalue weighted by atomic mass is 10.1.